The Morgan fingerprint density at radius 2 is 1.97 bits per heavy atom. The van der Waals surface area contributed by atoms with Gasteiger partial charge >= 0.3 is 0 Å². The van der Waals surface area contributed by atoms with Crippen molar-refractivity contribution in [3.8, 4) is 0 Å². The number of ether oxygens (including phenoxy) is 1. The van der Waals surface area contributed by atoms with Crippen LogP contribution in [-0.4, -0.2) is 68.4 Å². The summed E-state index contributed by atoms with van der Waals surface area (Å²) >= 11 is 6.01. The molecule has 8 nitrogen and oxygen atoms in total. The Balaban J connectivity index is 1.61. The van der Waals surface area contributed by atoms with Crippen LogP contribution in [0.4, 0.5) is 5.82 Å². The Morgan fingerprint density at radius 3 is 2.67 bits per heavy atom. The lowest BCUT2D eigenvalue weighted by molar-refractivity contribution is -0.135. The molecule has 1 aromatic carbocycles. The summed E-state index contributed by atoms with van der Waals surface area (Å²) < 4.78 is 8.09. The second-order valence-corrected chi connectivity index (χ2v) is 8.38. The number of aliphatic hydroxyl groups is 1. The number of fused-ring (bicyclic) bond motifs is 1. The molecule has 0 saturated carbocycles. The molecule has 2 aromatic heterocycles. The number of anilines is 1. The van der Waals surface area contributed by atoms with Gasteiger partial charge in [-0.05, 0) is 31.5 Å². The molecule has 1 N–H and O–H groups in total. The minimum atomic E-state index is -0.305. The van der Waals surface area contributed by atoms with Gasteiger partial charge in [-0.2, -0.15) is 0 Å². The van der Waals surface area contributed by atoms with Gasteiger partial charge in [0.25, 0.3) is 0 Å². The molecular weight excluding hydrogens is 404 g/mol. The van der Waals surface area contributed by atoms with Gasteiger partial charge in [-0.15, -0.1) is 0 Å². The molecule has 0 spiro atoms. The molecule has 0 bridgehead atoms. The van der Waals surface area contributed by atoms with E-state index < -0.39 is 0 Å². The summed E-state index contributed by atoms with van der Waals surface area (Å²) in [6.45, 7) is 6.22. The van der Waals surface area contributed by atoms with E-state index >= 15 is 0 Å². The Labute approximate surface area is 181 Å². The third-order valence-electron chi connectivity index (χ3n) is 5.51. The van der Waals surface area contributed by atoms with Gasteiger partial charge < -0.3 is 14.7 Å². The van der Waals surface area contributed by atoms with Gasteiger partial charge in [-0.25, -0.2) is 15.0 Å². The maximum absolute atomic E-state index is 9.79. The van der Waals surface area contributed by atoms with Crippen molar-refractivity contribution < 1.29 is 9.84 Å². The van der Waals surface area contributed by atoms with Gasteiger partial charge in [0.1, 0.15) is 12.6 Å². The van der Waals surface area contributed by atoms with Gasteiger partial charge in [-0.1, -0.05) is 23.7 Å². The average Bonchev–Trinajstić information content (AvgIpc) is 3.19. The Bertz CT molecular complexity index is 993. The molecule has 4 rings (SSSR count). The maximum atomic E-state index is 9.79. The molecule has 9 heteroatoms. The van der Waals surface area contributed by atoms with E-state index in [1.165, 1.54) is 0 Å². The normalized spacial score (nSPS) is 20.2. The number of morpholine rings is 1. The van der Waals surface area contributed by atoms with Crippen LogP contribution in [0.25, 0.3) is 11.2 Å². The first-order valence-corrected chi connectivity index (χ1v) is 10.5. The number of benzene rings is 1. The molecule has 160 valence electrons. The lowest BCUT2D eigenvalue weighted by atomic mass is 10.2. The first kappa shape index (κ1) is 21.0. The average molecular weight is 431 g/mol. The van der Waals surface area contributed by atoms with Crippen molar-refractivity contribution in [3.63, 3.8) is 0 Å². The van der Waals surface area contributed by atoms with Gasteiger partial charge in [0.15, 0.2) is 17.0 Å². The van der Waals surface area contributed by atoms with Crippen LogP contribution in [0.1, 0.15) is 25.6 Å². The molecule has 0 radical (unpaired) electrons. The lowest BCUT2D eigenvalue weighted by Crippen LogP contribution is -2.46. The van der Waals surface area contributed by atoms with Crippen molar-refractivity contribution in [2.75, 3.05) is 31.6 Å². The number of aromatic nitrogens is 4. The molecule has 1 saturated heterocycles. The fourth-order valence-corrected chi connectivity index (χ4v) is 3.80. The number of nitrogens with zero attached hydrogens (tertiary/aromatic N) is 6. The number of rotatable bonds is 6. The zero-order chi connectivity index (χ0) is 21.3. The number of imidazole rings is 1. The summed E-state index contributed by atoms with van der Waals surface area (Å²) in [6.07, 6.45) is 2.72. The highest BCUT2D eigenvalue weighted by Gasteiger charge is 2.30. The molecule has 0 amide bonds. The van der Waals surface area contributed by atoms with Gasteiger partial charge in [0.05, 0.1) is 19.0 Å². The van der Waals surface area contributed by atoms with Crippen LogP contribution < -0.4 is 4.90 Å². The maximum Gasteiger partial charge on any atom is 0.167 e. The monoisotopic (exact) mass is 430 g/mol. The molecular formula is C21H27ClN6O2. The minimum absolute atomic E-state index is 0.0451. The Kier molecular flexibility index (Phi) is 6.19. The van der Waals surface area contributed by atoms with Crippen LogP contribution in [0.3, 0.4) is 0 Å². The predicted molar refractivity (Wildman–Crippen MR) is 117 cm³/mol. The molecule has 0 aliphatic carbocycles. The highest BCUT2D eigenvalue weighted by Crippen LogP contribution is 2.28. The fraction of sp³-hybridized carbons (Fsp3) is 0.476. The first-order valence-electron chi connectivity index (χ1n) is 10.1. The second-order valence-electron chi connectivity index (χ2n) is 7.94. The van der Waals surface area contributed by atoms with Gasteiger partial charge in [0, 0.05) is 37.7 Å². The van der Waals surface area contributed by atoms with Crippen LogP contribution in [0.5, 0.6) is 0 Å². The third kappa shape index (κ3) is 4.27. The fourth-order valence-electron chi connectivity index (χ4n) is 3.68. The van der Waals surface area contributed by atoms with Gasteiger partial charge in [-0.3, -0.25) is 9.47 Å². The summed E-state index contributed by atoms with van der Waals surface area (Å²) in [5, 5.41) is 10.5. The van der Waals surface area contributed by atoms with Crippen molar-refractivity contribution in [2.24, 2.45) is 0 Å². The van der Waals surface area contributed by atoms with E-state index in [0.717, 1.165) is 34.1 Å². The lowest BCUT2D eigenvalue weighted by Gasteiger charge is -2.38. The summed E-state index contributed by atoms with van der Waals surface area (Å²) in [6, 6.07) is 8.12. The summed E-state index contributed by atoms with van der Waals surface area (Å²) in [7, 11) is 2.00. The van der Waals surface area contributed by atoms with Crippen molar-refractivity contribution in [3.05, 3.63) is 47.5 Å². The molecule has 3 aromatic rings. The smallest absolute Gasteiger partial charge is 0.167 e. The van der Waals surface area contributed by atoms with E-state index in [-0.39, 0.29) is 25.0 Å². The molecule has 2 atom stereocenters. The van der Waals surface area contributed by atoms with Crippen LogP contribution in [0.15, 0.2) is 36.9 Å². The first-order chi connectivity index (χ1) is 14.5. The Hall–Kier alpha value is -2.26. The molecule has 1 aliphatic rings. The standard InChI is InChI=1S/C21H27ClN6O2/c1-14(2)26(3)20-19-21(24-12-23-20)28(13-25-19)18-10-27(9-17(11-29)30-18)8-15-4-6-16(22)7-5-15/h4-7,12-14,17-18,29H,8-11H2,1-3H3/t17-,18+/m0/s1. The predicted octanol–water partition coefficient (Wildman–Crippen LogP) is 2.72. The highest BCUT2D eigenvalue weighted by molar-refractivity contribution is 6.30. The van der Waals surface area contributed by atoms with Gasteiger partial charge in [0.2, 0.25) is 0 Å². The topological polar surface area (TPSA) is 79.5 Å². The van der Waals surface area contributed by atoms with E-state index in [1.54, 1.807) is 12.7 Å². The number of halogens is 1. The summed E-state index contributed by atoms with van der Waals surface area (Å²) in [5.74, 6) is 0.793. The zero-order valence-electron chi connectivity index (χ0n) is 17.4. The summed E-state index contributed by atoms with van der Waals surface area (Å²) in [5.41, 5.74) is 2.63. The number of hydrogen-bond donors (Lipinski definition) is 1. The quantitative estimate of drug-likeness (QED) is 0.644. The highest BCUT2D eigenvalue weighted by atomic mass is 35.5. The molecule has 0 unspecified atom stereocenters. The molecule has 1 fully saturated rings. The van der Waals surface area contributed by atoms with Crippen LogP contribution >= 0.6 is 11.6 Å². The van der Waals surface area contributed by atoms with E-state index in [4.69, 9.17) is 16.3 Å². The Morgan fingerprint density at radius 1 is 1.20 bits per heavy atom. The molecule has 30 heavy (non-hydrogen) atoms. The minimum Gasteiger partial charge on any atom is -0.394 e. The van der Waals surface area contributed by atoms with Crippen LogP contribution in [0, 0.1) is 0 Å². The van der Waals surface area contributed by atoms with E-state index in [2.05, 4.69) is 38.6 Å². The SMILES string of the molecule is CC(C)N(C)c1ncnc2c1ncn2[C@H]1CN(Cc2ccc(Cl)cc2)C[C@@H](CO)O1. The zero-order valence-corrected chi connectivity index (χ0v) is 18.2. The summed E-state index contributed by atoms with van der Waals surface area (Å²) in [4.78, 5) is 17.8. The molecule has 1 aliphatic heterocycles. The van der Waals surface area contributed by atoms with Crippen LogP contribution in [0.2, 0.25) is 5.02 Å². The van der Waals surface area contributed by atoms with Crippen molar-refractivity contribution in [1.82, 2.24) is 24.4 Å². The largest absolute Gasteiger partial charge is 0.394 e. The van der Waals surface area contributed by atoms with Crippen molar-refractivity contribution in [2.45, 2.75) is 38.8 Å². The van der Waals surface area contributed by atoms with E-state index in [0.29, 0.717) is 13.1 Å². The second kappa shape index (κ2) is 8.85. The van der Waals surface area contributed by atoms with Crippen LogP contribution in [-0.2, 0) is 11.3 Å². The van der Waals surface area contributed by atoms with E-state index in [1.807, 2.05) is 35.9 Å². The molecule has 3 heterocycles. The van der Waals surface area contributed by atoms with Crippen molar-refractivity contribution in [1.29, 1.82) is 0 Å². The number of hydrogen-bond acceptors (Lipinski definition) is 7. The van der Waals surface area contributed by atoms with E-state index in [9.17, 15) is 5.11 Å². The van der Waals surface area contributed by atoms with Crippen molar-refractivity contribution >= 4 is 28.6 Å². The number of aliphatic hydroxyl groups excluding tert-OH is 1. The third-order valence-corrected chi connectivity index (χ3v) is 5.76.